The van der Waals surface area contributed by atoms with E-state index in [0.717, 1.165) is 11.1 Å². The SMILES string of the molecule is C#CCCC1(CCC(=O)NC(c2cccnc2)c2cnn(C)c2)N=N1. The maximum absolute atomic E-state index is 12.5. The fourth-order valence-corrected chi connectivity index (χ4v) is 2.71. The van der Waals surface area contributed by atoms with E-state index in [0.29, 0.717) is 25.7 Å². The van der Waals surface area contributed by atoms with Gasteiger partial charge in [0, 0.05) is 56.9 Å². The second-order valence-electron chi connectivity index (χ2n) is 6.12. The van der Waals surface area contributed by atoms with E-state index in [1.807, 2.05) is 25.4 Å². The molecule has 0 saturated heterocycles. The van der Waals surface area contributed by atoms with Gasteiger partial charge in [0.25, 0.3) is 0 Å². The van der Waals surface area contributed by atoms with Crippen LogP contribution in [0, 0.1) is 12.3 Å². The van der Waals surface area contributed by atoms with Gasteiger partial charge in [-0.3, -0.25) is 14.5 Å². The van der Waals surface area contributed by atoms with Crippen molar-refractivity contribution in [2.24, 2.45) is 17.3 Å². The highest BCUT2D eigenvalue weighted by molar-refractivity contribution is 5.77. The number of carbonyl (C=O) groups is 1. The summed E-state index contributed by atoms with van der Waals surface area (Å²) in [6, 6.07) is 3.50. The molecule has 128 valence electrons. The van der Waals surface area contributed by atoms with Gasteiger partial charge in [-0.1, -0.05) is 6.07 Å². The van der Waals surface area contributed by atoms with Crippen LogP contribution in [0.3, 0.4) is 0 Å². The number of nitrogens with zero attached hydrogens (tertiary/aromatic N) is 5. The standard InChI is InChI=1S/C18H20N6O/c1-3-4-8-18(22-23-18)9-7-16(25)21-17(14-6-5-10-19-11-14)15-12-20-24(2)13-15/h1,5-6,10-13,17H,4,7-9H2,2H3,(H,21,25). The molecule has 7 heteroatoms. The van der Waals surface area contributed by atoms with Crippen LogP contribution in [0.5, 0.6) is 0 Å². The van der Waals surface area contributed by atoms with Gasteiger partial charge in [0.1, 0.15) is 0 Å². The quantitative estimate of drug-likeness (QED) is 0.751. The lowest BCUT2D eigenvalue weighted by Gasteiger charge is -2.18. The molecule has 0 radical (unpaired) electrons. The van der Waals surface area contributed by atoms with Gasteiger partial charge < -0.3 is 5.32 Å². The van der Waals surface area contributed by atoms with Crippen LogP contribution in [0.4, 0.5) is 0 Å². The summed E-state index contributed by atoms with van der Waals surface area (Å²) in [7, 11) is 1.84. The van der Waals surface area contributed by atoms with Gasteiger partial charge in [0.05, 0.1) is 12.2 Å². The summed E-state index contributed by atoms with van der Waals surface area (Å²) in [6.07, 6.45) is 14.6. The molecule has 25 heavy (non-hydrogen) atoms. The number of aryl methyl sites for hydroxylation is 1. The summed E-state index contributed by atoms with van der Waals surface area (Å²) in [6.45, 7) is 0. The molecule has 2 aromatic heterocycles. The Morgan fingerprint density at radius 3 is 2.80 bits per heavy atom. The summed E-state index contributed by atoms with van der Waals surface area (Å²) in [5, 5.41) is 15.4. The molecule has 1 atom stereocenters. The molecule has 0 bridgehead atoms. The van der Waals surface area contributed by atoms with Crippen molar-refractivity contribution in [2.75, 3.05) is 0 Å². The van der Waals surface area contributed by atoms with Gasteiger partial charge in [-0.25, -0.2) is 0 Å². The number of pyridine rings is 1. The lowest BCUT2D eigenvalue weighted by atomic mass is 10.0. The van der Waals surface area contributed by atoms with Crippen molar-refractivity contribution in [3.8, 4) is 12.3 Å². The highest BCUT2D eigenvalue weighted by Gasteiger charge is 2.39. The van der Waals surface area contributed by atoms with Crippen LogP contribution in [0.2, 0.25) is 0 Å². The molecular formula is C18H20N6O. The van der Waals surface area contributed by atoms with Crippen LogP contribution in [-0.2, 0) is 11.8 Å². The molecule has 0 saturated carbocycles. The highest BCUT2D eigenvalue weighted by atomic mass is 16.1. The van der Waals surface area contributed by atoms with E-state index < -0.39 is 5.66 Å². The van der Waals surface area contributed by atoms with Crippen LogP contribution in [0.25, 0.3) is 0 Å². The second-order valence-corrected chi connectivity index (χ2v) is 6.12. The minimum absolute atomic E-state index is 0.0601. The van der Waals surface area contributed by atoms with Crippen LogP contribution in [0.15, 0.2) is 47.1 Å². The lowest BCUT2D eigenvalue weighted by molar-refractivity contribution is -0.121. The normalized spacial score (nSPS) is 15.4. The Morgan fingerprint density at radius 1 is 1.36 bits per heavy atom. The molecule has 1 N–H and O–H groups in total. The highest BCUT2D eigenvalue weighted by Crippen LogP contribution is 2.37. The molecule has 0 aromatic carbocycles. The fourth-order valence-electron chi connectivity index (χ4n) is 2.71. The van der Waals surface area contributed by atoms with Crippen molar-refractivity contribution in [1.29, 1.82) is 0 Å². The minimum atomic E-state index is -0.443. The van der Waals surface area contributed by atoms with Crippen LogP contribution < -0.4 is 5.32 Å². The molecule has 1 amide bonds. The Kier molecular flexibility index (Phi) is 4.89. The molecule has 0 spiro atoms. The minimum Gasteiger partial charge on any atom is -0.345 e. The summed E-state index contributed by atoms with van der Waals surface area (Å²) in [5.74, 6) is 2.53. The first-order valence-corrected chi connectivity index (χ1v) is 8.17. The summed E-state index contributed by atoms with van der Waals surface area (Å²) in [5.41, 5.74) is 1.38. The third-order valence-corrected chi connectivity index (χ3v) is 4.19. The molecule has 7 nitrogen and oxygen atoms in total. The van der Waals surface area contributed by atoms with Gasteiger partial charge in [-0.2, -0.15) is 15.3 Å². The van der Waals surface area contributed by atoms with Crippen molar-refractivity contribution >= 4 is 5.91 Å². The summed E-state index contributed by atoms with van der Waals surface area (Å²) in [4.78, 5) is 16.6. The van der Waals surface area contributed by atoms with E-state index in [1.165, 1.54) is 0 Å². The van der Waals surface area contributed by atoms with E-state index >= 15 is 0 Å². The number of rotatable bonds is 8. The number of terminal acetylenes is 1. The van der Waals surface area contributed by atoms with E-state index in [4.69, 9.17) is 6.42 Å². The molecule has 1 aliphatic rings. The zero-order valence-corrected chi connectivity index (χ0v) is 14.1. The average Bonchev–Trinajstić information content (AvgIpc) is 3.28. The lowest BCUT2D eigenvalue weighted by Crippen LogP contribution is -2.30. The fraction of sp³-hybridized carbons (Fsp3) is 0.389. The molecule has 3 heterocycles. The topological polar surface area (TPSA) is 84.5 Å². The molecule has 1 unspecified atom stereocenters. The Labute approximate surface area is 146 Å². The molecule has 2 aromatic rings. The maximum Gasteiger partial charge on any atom is 0.220 e. The number of hydrogen-bond acceptors (Lipinski definition) is 5. The molecule has 1 aliphatic heterocycles. The molecule has 3 rings (SSSR count). The molecule has 0 fully saturated rings. The Bertz CT molecular complexity index is 798. The van der Waals surface area contributed by atoms with E-state index in [1.54, 1.807) is 23.3 Å². The summed E-state index contributed by atoms with van der Waals surface area (Å²) < 4.78 is 1.71. The van der Waals surface area contributed by atoms with Gasteiger partial charge in [-0.05, 0) is 11.6 Å². The Hall–Kier alpha value is -3.01. The van der Waals surface area contributed by atoms with Crippen molar-refractivity contribution in [3.05, 3.63) is 48.0 Å². The number of aromatic nitrogens is 3. The smallest absolute Gasteiger partial charge is 0.220 e. The van der Waals surface area contributed by atoms with E-state index in [2.05, 4.69) is 31.5 Å². The first-order valence-electron chi connectivity index (χ1n) is 8.17. The van der Waals surface area contributed by atoms with Gasteiger partial charge in [0.2, 0.25) is 5.91 Å². The predicted molar refractivity (Wildman–Crippen MR) is 92.3 cm³/mol. The van der Waals surface area contributed by atoms with E-state index in [-0.39, 0.29) is 11.9 Å². The first-order chi connectivity index (χ1) is 12.1. The second kappa shape index (κ2) is 7.26. The third kappa shape index (κ3) is 4.29. The summed E-state index contributed by atoms with van der Waals surface area (Å²) >= 11 is 0. The maximum atomic E-state index is 12.5. The van der Waals surface area contributed by atoms with Gasteiger partial charge in [0.15, 0.2) is 5.66 Å². The monoisotopic (exact) mass is 336 g/mol. The average molecular weight is 336 g/mol. The number of amides is 1. The van der Waals surface area contributed by atoms with Crippen molar-refractivity contribution in [1.82, 2.24) is 20.1 Å². The van der Waals surface area contributed by atoms with Gasteiger partial charge >= 0.3 is 0 Å². The number of carbonyl (C=O) groups excluding carboxylic acids is 1. The predicted octanol–water partition coefficient (Wildman–Crippen LogP) is 2.38. The van der Waals surface area contributed by atoms with Crippen molar-refractivity contribution < 1.29 is 4.79 Å². The Balaban J connectivity index is 1.64. The number of nitrogens with one attached hydrogen (secondary N) is 1. The molecular weight excluding hydrogens is 316 g/mol. The van der Waals surface area contributed by atoms with Gasteiger partial charge in [-0.15, -0.1) is 12.3 Å². The van der Waals surface area contributed by atoms with E-state index in [9.17, 15) is 4.79 Å². The number of hydrogen-bond donors (Lipinski definition) is 1. The van der Waals surface area contributed by atoms with Crippen molar-refractivity contribution in [3.63, 3.8) is 0 Å². The van der Waals surface area contributed by atoms with Crippen LogP contribution in [-0.4, -0.2) is 26.3 Å². The van der Waals surface area contributed by atoms with Crippen molar-refractivity contribution in [2.45, 2.75) is 37.4 Å². The van der Waals surface area contributed by atoms with Crippen LogP contribution >= 0.6 is 0 Å². The zero-order chi connectivity index (χ0) is 17.7. The first kappa shape index (κ1) is 16.8. The Morgan fingerprint density at radius 2 is 2.20 bits per heavy atom. The molecule has 0 aliphatic carbocycles. The third-order valence-electron chi connectivity index (χ3n) is 4.19. The largest absolute Gasteiger partial charge is 0.345 e. The van der Waals surface area contributed by atoms with Crippen LogP contribution in [0.1, 0.15) is 42.9 Å². The zero-order valence-electron chi connectivity index (χ0n) is 14.1.